The molecule has 19 heavy (non-hydrogen) atoms. The second-order valence-electron chi connectivity index (χ2n) is 5.27. The van der Waals surface area contributed by atoms with Crippen molar-refractivity contribution in [1.29, 1.82) is 0 Å². The lowest BCUT2D eigenvalue weighted by Gasteiger charge is -2.30. The van der Waals surface area contributed by atoms with E-state index in [2.05, 4.69) is 0 Å². The molecule has 1 saturated carbocycles. The topological polar surface area (TPSA) is 46.5 Å². The zero-order chi connectivity index (χ0) is 13.7. The van der Waals surface area contributed by atoms with Gasteiger partial charge in [-0.2, -0.15) is 0 Å². The maximum atomic E-state index is 10.9. The highest BCUT2D eigenvalue weighted by Gasteiger charge is 2.46. The summed E-state index contributed by atoms with van der Waals surface area (Å²) >= 11 is 6.29. The van der Waals surface area contributed by atoms with E-state index in [0.717, 1.165) is 11.8 Å². The minimum Gasteiger partial charge on any atom is -0.393 e. The van der Waals surface area contributed by atoms with Crippen LogP contribution in [-0.4, -0.2) is 29.5 Å². The van der Waals surface area contributed by atoms with Crippen LogP contribution in [0.5, 0.6) is 0 Å². The first-order chi connectivity index (χ1) is 9.16. The smallest absolute Gasteiger partial charge is 0.120 e. The molecular formula is C15H19ClO3. The number of hydrogen-bond donors (Lipinski definition) is 1. The van der Waals surface area contributed by atoms with Crippen LogP contribution < -0.4 is 0 Å². The van der Waals surface area contributed by atoms with E-state index in [1.165, 1.54) is 0 Å². The number of alkyl halides is 1. The van der Waals surface area contributed by atoms with Crippen molar-refractivity contribution >= 4 is 17.9 Å². The van der Waals surface area contributed by atoms with E-state index < -0.39 is 11.5 Å². The number of aliphatic hydroxyl groups excluding tert-OH is 1. The molecule has 0 aliphatic heterocycles. The van der Waals surface area contributed by atoms with Gasteiger partial charge in [-0.1, -0.05) is 30.3 Å². The van der Waals surface area contributed by atoms with Crippen LogP contribution in [0.15, 0.2) is 30.3 Å². The van der Waals surface area contributed by atoms with E-state index in [0.29, 0.717) is 32.5 Å². The Bertz CT molecular complexity index is 409. The molecule has 0 radical (unpaired) electrons. The van der Waals surface area contributed by atoms with Crippen LogP contribution in [-0.2, 0) is 16.1 Å². The van der Waals surface area contributed by atoms with Gasteiger partial charge in [0.2, 0.25) is 0 Å². The van der Waals surface area contributed by atoms with Crippen LogP contribution in [0.4, 0.5) is 0 Å². The number of halogens is 1. The Kier molecular flexibility index (Phi) is 4.97. The Morgan fingerprint density at radius 3 is 2.74 bits per heavy atom. The lowest BCUT2D eigenvalue weighted by Crippen LogP contribution is -2.32. The molecule has 104 valence electrons. The molecule has 0 unspecified atom stereocenters. The maximum Gasteiger partial charge on any atom is 0.120 e. The number of carbonyl (C=O) groups excluding carboxylic acids is 1. The largest absolute Gasteiger partial charge is 0.393 e. The van der Waals surface area contributed by atoms with E-state index in [-0.39, 0.29) is 5.38 Å². The van der Waals surface area contributed by atoms with Gasteiger partial charge in [0.25, 0.3) is 0 Å². The molecule has 1 aliphatic rings. The third-order valence-electron chi connectivity index (χ3n) is 3.78. The first-order valence-corrected chi connectivity index (χ1v) is 6.97. The van der Waals surface area contributed by atoms with Crippen molar-refractivity contribution in [2.24, 2.45) is 5.41 Å². The fraction of sp³-hybridized carbons (Fsp3) is 0.533. The molecule has 1 aromatic carbocycles. The van der Waals surface area contributed by atoms with Crippen molar-refractivity contribution in [3.8, 4) is 0 Å². The summed E-state index contributed by atoms with van der Waals surface area (Å²) in [5, 5.41) is 9.52. The summed E-state index contributed by atoms with van der Waals surface area (Å²) in [6, 6.07) is 9.87. The fourth-order valence-corrected chi connectivity index (χ4v) is 3.15. The molecular weight excluding hydrogens is 264 g/mol. The first-order valence-electron chi connectivity index (χ1n) is 6.54. The molecule has 0 saturated heterocycles. The summed E-state index contributed by atoms with van der Waals surface area (Å²) in [5.74, 6) is 0. The van der Waals surface area contributed by atoms with Gasteiger partial charge in [0.1, 0.15) is 6.29 Å². The highest BCUT2D eigenvalue weighted by molar-refractivity contribution is 6.21. The zero-order valence-electron chi connectivity index (χ0n) is 10.8. The molecule has 1 N–H and O–H groups in total. The Labute approximate surface area is 118 Å². The zero-order valence-corrected chi connectivity index (χ0v) is 11.6. The highest BCUT2D eigenvalue weighted by Crippen LogP contribution is 2.44. The Hall–Kier alpha value is -0.900. The van der Waals surface area contributed by atoms with Crippen LogP contribution in [0.3, 0.4) is 0 Å². The van der Waals surface area contributed by atoms with E-state index in [4.69, 9.17) is 16.3 Å². The summed E-state index contributed by atoms with van der Waals surface area (Å²) in [6.07, 6.45) is 1.85. The van der Waals surface area contributed by atoms with Crippen LogP contribution >= 0.6 is 11.6 Å². The molecule has 0 amide bonds. The standard InChI is InChI=1S/C15H19ClO3/c16-14-8-13(18)9-15(14,6-7-17)11-19-10-12-4-2-1-3-5-12/h1-5,7,13-14,18H,6,8-11H2/t13-,14+,15-/m0/s1. The van der Waals surface area contributed by atoms with Crippen molar-refractivity contribution in [3.05, 3.63) is 35.9 Å². The number of hydrogen-bond acceptors (Lipinski definition) is 3. The minimum absolute atomic E-state index is 0.205. The summed E-state index contributed by atoms with van der Waals surface area (Å²) in [7, 11) is 0. The molecule has 0 heterocycles. The summed E-state index contributed by atoms with van der Waals surface area (Å²) in [6.45, 7) is 0.910. The van der Waals surface area contributed by atoms with Gasteiger partial charge >= 0.3 is 0 Å². The molecule has 1 aliphatic carbocycles. The summed E-state index contributed by atoms with van der Waals surface area (Å²) in [5.41, 5.74) is 0.672. The van der Waals surface area contributed by atoms with Crippen molar-refractivity contribution in [2.75, 3.05) is 6.61 Å². The molecule has 0 spiro atoms. The average molecular weight is 283 g/mol. The Morgan fingerprint density at radius 1 is 1.42 bits per heavy atom. The van der Waals surface area contributed by atoms with Gasteiger partial charge in [-0.15, -0.1) is 11.6 Å². The Morgan fingerprint density at radius 2 is 2.16 bits per heavy atom. The van der Waals surface area contributed by atoms with Crippen molar-refractivity contribution in [3.63, 3.8) is 0 Å². The van der Waals surface area contributed by atoms with Gasteiger partial charge in [-0.3, -0.25) is 0 Å². The number of rotatable bonds is 6. The average Bonchev–Trinajstić information content (AvgIpc) is 2.66. The van der Waals surface area contributed by atoms with Crippen molar-refractivity contribution < 1.29 is 14.6 Å². The van der Waals surface area contributed by atoms with Gasteiger partial charge in [0.15, 0.2) is 0 Å². The lowest BCUT2D eigenvalue weighted by atomic mass is 9.83. The normalized spacial score (nSPS) is 30.4. The van der Waals surface area contributed by atoms with Crippen LogP contribution in [0.1, 0.15) is 24.8 Å². The number of benzene rings is 1. The third kappa shape index (κ3) is 3.56. The monoisotopic (exact) mass is 282 g/mol. The van der Waals surface area contributed by atoms with Gasteiger partial charge in [0.05, 0.1) is 19.3 Å². The van der Waals surface area contributed by atoms with Gasteiger partial charge < -0.3 is 14.6 Å². The van der Waals surface area contributed by atoms with E-state index in [9.17, 15) is 9.90 Å². The number of carbonyl (C=O) groups is 1. The quantitative estimate of drug-likeness (QED) is 0.644. The van der Waals surface area contributed by atoms with E-state index in [1.54, 1.807) is 0 Å². The lowest BCUT2D eigenvalue weighted by molar-refractivity contribution is -0.111. The predicted molar refractivity (Wildman–Crippen MR) is 74.1 cm³/mol. The van der Waals surface area contributed by atoms with Crippen LogP contribution in [0.2, 0.25) is 0 Å². The molecule has 4 heteroatoms. The maximum absolute atomic E-state index is 10.9. The van der Waals surface area contributed by atoms with Crippen molar-refractivity contribution in [1.82, 2.24) is 0 Å². The highest BCUT2D eigenvalue weighted by atomic mass is 35.5. The van der Waals surface area contributed by atoms with Gasteiger partial charge in [0, 0.05) is 17.2 Å². The molecule has 3 nitrogen and oxygen atoms in total. The molecule has 0 aromatic heterocycles. The second-order valence-corrected chi connectivity index (χ2v) is 5.80. The second kappa shape index (κ2) is 6.51. The number of aldehydes is 1. The molecule has 1 aromatic rings. The van der Waals surface area contributed by atoms with E-state index in [1.807, 2.05) is 30.3 Å². The summed E-state index contributed by atoms with van der Waals surface area (Å²) < 4.78 is 5.72. The van der Waals surface area contributed by atoms with E-state index >= 15 is 0 Å². The third-order valence-corrected chi connectivity index (χ3v) is 4.42. The molecule has 1 fully saturated rings. The Balaban J connectivity index is 1.93. The SMILES string of the molecule is O=CC[C@@]1(COCc2ccccc2)C[C@@H](O)C[C@H]1Cl. The fourth-order valence-electron chi connectivity index (χ4n) is 2.70. The molecule has 2 rings (SSSR count). The summed E-state index contributed by atoms with van der Waals surface area (Å²) in [4.78, 5) is 10.9. The number of ether oxygens (including phenoxy) is 1. The van der Waals surface area contributed by atoms with Crippen LogP contribution in [0, 0.1) is 5.41 Å². The van der Waals surface area contributed by atoms with Gasteiger partial charge in [-0.05, 0) is 18.4 Å². The first kappa shape index (κ1) is 14.5. The minimum atomic E-state index is -0.428. The predicted octanol–water partition coefficient (Wildman–Crippen LogP) is 2.54. The molecule has 0 bridgehead atoms. The number of aliphatic hydroxyl groups is 1. The molecule has 3 atom stereocenters. The van der Waals surface area contributed by atoms with Crippen LogP contribution in [0.25, 0.3) is 0 Å². The van der Waals surface area contributed by atoms with Crippen molar-refractivity contribution in [2.45, 2.75) is 37.4 Å². The van der Waals surface area contributed by atoms with Gasteiger partial charge in [-0.25, -0.2) is 0 Å².